The lowest BCUT2D eigenvalue weighted by Crippen LogP contribution is -2.55. The zero-order valence-corrected chi connectivity index (χ0v) is 20.6. The number of carbonyl (C=O) groups is 2. The third-order valence-electron chi connectivity index (χ3n) is 6.60. The Morgan fingerprint density at radius 1 is 1.00 bits per heavy atom. The van der Waals surface area contributed by atoms with Crippen LogP contribution in [0.5, 0.6) is 0 Å². The van der Waals surface area contributed by atoms with Crippen molar-refractivity contribution in [3.8, 4) is 0 Å². The van der Waals surface area contributed by atoms with Crippen LogP contribution < -0.4 is 0 Å². The molecule has 1 fully saturated rings. The predicted molar refractivity (Wildman–Crippen MR) is 131 cm³/mol. The van der Waals surface area contributed by atoms with Gasteiger partial charge in [0.1, 0.15) is 24.6 Å². The van der Waals surface area contributed by atoms with Crippen molar-refractivity contribution in [3.05, 3.63) is 89.6 Å². The second kappa shape index (κ2) is 9.53. The zero-order valence-electron chi connectivity index (χ0n) is 19.9. The highest BCUT2D eigenvalue weighted by Gasteiger charge is 2.67. The van der Waals surface area contributed by atoms with Crippen LogP contribution in [0, 0.1) is 0 Å². The number of nitrogens with zero attached hydrogens (tertiary/aromatic N) is 4. The standard InChI is InChI=1S/C26H22ClFN4O5/c1-25(28)24(32-15-31-19-20(27)29-14-30-21(19)32)36-18(13-35-22(33)16-9-5-3-6-10-16)26(25,2)37-23(34)17-11-7-4-8-12-17/h3-12,14-15,18,24H,13H2,1-2H3/t18-,24?,25+,26?/m1/s1. The molecule has 0 spiro atoms. The summed E-state index contributed by atoms with van der Waals surface area (Å²) in [6.07, 6.45) is 0.0205. The van der Waals surface area contributed by atoms with E-state index in [-0.39, 0.29) is 28.5 Å². The molecule has 2 aromatic carbocycles. The number of fused-ring (bicyclic) bond motifs is 1. The van der Waals surface area contributed by atoms with Crippen LogP contribution in [0.4, 0.5) is 4.39 Å². The van der Waals surface area contributed by atoms with Crippen molar-refractivity contribution in [2.24, 2.45) is 0 Å². The smallest absolute Gasteiger partial charge is 0.338 e. The molecule has 3 heterocycles. The van der Waals surface area contributed by atoms with Crippen LogP contribution in [-0.4, -0.2) is 55.4 Å². The Labute approximate surface area is 216 Å². The van der Waals surface area contributed by atoms with Crippen molar-refractivity contribution >= 4 is 34.7 Å². The van der Waals surface area contributed by atoms with E-state index in [0.29, 0.717) is 5.56 Å². The van der Waals surface area contributed by atoms with Gasteiger partial charge in [-0.25, -0.2) is 28.9 Å². The highest BCUT2D eigenvalue weighted by Crippen LogP contribution is 2.51. The number of imidazole rings is 1. The number of carbonyl (C=O) groups excluding carboxylic acids is 2. The predicted octanol–water partition coefficient (Wildman–Crippen LogP) is 4.58. The van der Waals surface area contributed by atoms with Gasteiger partial charge in [0.25, 0.3) is 0 Å². The molecule has 4 aromatic rings. The molecule has 11 heteroatoms. The molecular weight excluding hydrogens is 503 g/mol. The second-order valence-electron chi connectivity index (χ2n) is 8.87. The summed E-state index contributed by atoms with van der Waals surface area (Å²) in [7, 11) is 0. The lowest BCUT2D eigenvalue weighted by molar-refractivity contribution is -0.104. The highest BCUT2D eigenvalue weighted by molar-refractivity contribution is 6.33. The van der Waals surface area contributed by atoms with Gasteiger partial charge in [0, 0.05) is 0 Å². The van der Waals surface area contributed by atoms with Crippen LogP contribution in [0.1, 0.15) is 40.8 Å². The Kier molecular flexibility index (Phi) is 6.38. The van der Waals surface area contributed by atoms with E-state index < -0.39 is 35.5 Å². The highest BCUT2D eigenvalue weighted by atomic mass is 35.5. The molecule has 5 rings (SSSR count). The number of halogens is 2. The Hall–Kier alpha value is -3.89. The molecule has 0 radical (unpaired) electrons. The number of rotatable bonds is 6. The lowest BCUT2D eigenvalue weighted by atomic mass is 9.84. The van der Waals surface area contributed by atoms with Crippen LogP contribution in [0.3, 0.4) is 0 Å². The molecule has 2 unspecified atom stereocenters. The van der Waals surface area contributed by atoms with Crippen molar-refractivity contribution in [2.45, 2.75) is 37.4 Å². The maximum Gasteiger partial charge on any atom is 0.338 e. The van der Waals surface area contributed by atoms with Crippen LogP contribution in [0.15, 0.2) is 73.3 Å². The minimum atomic E-state index is -2.33. The Morgan fingerprint density at radius 3 is 2.27 bits per heavy atom. The van der Waals surface area contributed by atoms with Crippen molar-refractivity contribution in [1.29, 1.82) is 0 Å². The topological polar surface area (TPSA) is 105 Å². The van der Waals surface area contributed by atoms with E-state index in [0.717, 1.165) is 0 Å². The van der Waals surface area contributed by atoms with Gasteiger partial charge in [-0.2, -0.15) is 0 Å². The van der Waals surface area contributed by atoms with Crippen molar-refractivity contribution in [1.82, 2.24) is 19.5 Å². The van der Waals surface area contributed by atoms with Crippen LogP contribution in [0.2, 0.25) is 5.15 Å². The summed E-state index contributed by atoms with van der Waals surface area (Å²) in [4.78, 5) is 37.9. The summed E-state index contributed by atoms with van der Waals surface area (Å²) in [5, 5.41) is 0.0916. The minimum absolute atomic E-state index is 0.0916. The largest absolute Gasteiger partial charge is 0.459 e. The molecule has 0 saturated carbocycles. The van der Waals surface area contributed by atoms with Crippen molar-refractivity contribution < 1.29 is 28.2 Å². The molecule has 0 bridgehead atoms. The summed E-state index contributed by atoms with van der Waals surface area (Å²) in [5.74, 6) is -1.38. The van der Waals surface area contributed by atoms with E-state index in [9.17, 15) is 9.59 Å². The molecule has 0 amide bonds. The van der Waals surface area contributed by atoms with E-state index in [1.54, 1.807) is 60.7 Å². The number of aromatic nitrogens is 4. The van der Waals surface area contributed by atoms with Gasteiger partial charge in [-0.3, -0.25) is 4.57 Å². The van der Waals surface area contributed by atoms with Gasteiger partial charge >= 0.3 is 11.9 Å². The minimum Gasteiger partial charge on any atom is -0.459 e. The zero-order chi connectivity index (χ0) is 26.2. The molecule has 4 atom stereocenters. The van der Waals surface area contributed by atoms with E-state index in [1.807, 2.05) is 0 Å². The Bertz CT molecular complexity index is 1450. The van der Waals surface area contributed by atoms with Gasteiger partial charge < -0.3 is 14.2 Å². The first-order chi connectivity index (χ1) is 17.7. The summed E-state index contributed by atoms with van der Waals surface area (Å²) in [5.41, 5.74) is -3.18. The maximum atomic E-state index is 16.8. The molecule has 1 aliphatic heterocycles. The summed E-state index contributed by atoms with van der Waals surface area (Å²) in [6, 6.07) is 16.5. The average Bonchev–Trinajstić information content (AvgIpc) is 3.41. The number of esters is 2. The van der Waals surface area contributed by atoms with Crippen molar-refractivity contribution in [2.75, 3.05) is 6.61 Å². The van der Waals surface area contributed by atoms with Gasteiger partial charge in [0.05, 0.1) is 17.5 Å². The Morgan fingerprint density at radius 2 is 1.62 bits per heavy atom. The lowest BCUT2D eigenvalue weighted by Gasteiger charge is -2.37. The van der Waals surface area contributed by atoms with Gasteiger partial charge in [0.15, 0.2) is 28.3 Å². The first kappa shape index (κ1) is 24.8. The van der Waals surface area contributed by atoms with Crippen molar-refractivity contribution in [3.63, 3.8) is 0 Å². The number of benzene rings is 2. The number of hydrogen-bond donors (Lipinski definition) is 0. The molecule has 190 valence electrons. The third kappa shape index (κ3) is 4.32. The summed E-state index contributed by atoms with van der Waals surface area (Å²) < 4.78 is 35.5. The first-order valence-electron chi connectivity index (χ1n) is 11.4. The summed E-state index contributed by atoms with van der Waals surface area (Å²) >= 11 is 6.12. The molecule has 1 aliphatic rings. The van der Waals surface area contributed by atoms with E-state index in [4.69, 9.17) is 25.8 Å². The summed E-state index contributed by atoms with van der Waals surface area (Å²) in [6.45, 7) is 2.28. The van der Waals surface area contributed by atoms with Crippen LogP contribution in [0.25, 0.3) is 11.2 Å². The van der Waals surface area contributed by atoms with Crippen LogP contribution in [-0.2, 0) is 14.2 Å². The van der Waals surface area contributed by atoms with E-state index in [2.05, 4.69) is 15.0 Å². The van der Waals surface area contributed by atoms with Gasteiger partial charge in [-0.15, -0.1) is 0 Å². The molecular formula is C26H22ClFN4O5. The fraction of sp³-hybridized carbons (Fsp3) is 0.269. The van der Waals surface area contributed by atoms with Gasteiger partial charge in [-0.05, 0) is 38.1 Å². The SMILES string of the molecule is CC1(OC(=O)c2ccccc2)[C@@H](COC(=O)c2ccccc2)OC(n2cnc3c(Cl)ncnc32)[C@]1(C)F. The normalized spacial score (nSPS) is 25.2. The number of ether oxygens (including phenoxy) is 3. The maximum absolute atomic E-state index is 16.8. The van der Waals surface area contributed by atoms with Crippen LogP contribution >= 0.6 is 11.6 Å². The number of hydrogen-bond acceptors (Lipinski definition) is 8. The molecule has 0 aliphatic carbocycles. The molecule has 37 heavy (non-hydrogen) atoms. The molecule has 9 nitrogen and oxygen atoms in total. The Balaban J connectivity index is 1.50. The number of alkyl halides is 1. The third-order valence-corrected chi connectivity index (χ3v) is 6.87. The molecule has 0 N–H and O–H groups in total. The molecule has 1 saturated heterocycles. The van der Waals surface area contributed by atoms with E-state index >= 15 is 4.39 Å². The fourth-order valence-corrected chi connectivity index (χ4v) is 4.47. The fourth-order valence-electron chi connectivity index (χ4n) is 4.29. The molecule has 2 aromatic heterocycles. The van der Waals surface area contributed by atoms with E-state index in [1.165, 1.54) is 31.1 Å². The second-order valence-corrected chi connectivity index (χ2v) is 9.23. The quantitative estimate of drug-likeness (QED) is 0.266. The first-order valence-corrected chi connectivity index (χ1v) is 11.8. The van der Waals surface area contributed by atoms with Gasteiger partial charge in [0.2, 0.25) is 0 Å². The average molecular weight is 525 g/mol. The van der Waals surface area contributed by atoms with Gasteiger partial charge in [-0.1, -0.05) is 48.0 Å². The monoisotopic (exact) mass is 524 g/mol.